The maximum Gasteiger partial charge on any atom is 0.0216 e. The Morgan fingerprint density at radius 2 is 0.968 bits per heavy atom. The molecule has 0 atom stereocenters. The standard InChI is InChI=1S/C25H30Br4.C2H6/c26-15-7-3-1-5-13-25(14-6-2-4-8-16-27)23-17-19(28)9-11-21(23)22-12-10-20(29)18-24(22)25;1-2/h9-12,17-18H,1-8,13-16H2;1-2H3. The molecule has 0 unspecified atom stereocenters. The molecule has 0 heterocycles. The molecule has 0 saturated heterocycles. The van der Waals surface area contributed by atoms with Gasteiger partial charge >= 0.3 is 0 Å². The van der Waals surface area contributed by atoms with Crippen LogP contribution in [-0.4, -0.2) is 10.7 Å². The van der Waals surface area contributed by atoms with Gasteiger partial charge in [-0.15, -0.1) is 0 Å². The van der Waals surface area contributed by atoms with Crippen LogP contribution >= 0.6 is 63.7 Å². The van der Waals surface area contributed by atoms with Crippen LogP contribution in [0.2, 0.25) is 0 Å². The minimum absolute atomic E-state index is 0.154. The van der Waals surface area contributed by atoms with Crippen molar-refractivity contribution in [2.75, 3.05) is 10.7 Å². The molecule has 0 aromatic heterocycles. The summed E-state index contributed by atoms with van der Waals surface area (Å²) in [4.78, 5) is 0. The first-order valence-corrected chi connectivity index (χ1v) is 15.7. The van der Waals surface area contributed by atoms with Crippen molar-refractivity contribution < 1.29 is 0 Å². The molecule has 3 rings (SSSR count). The monoisotopic (exact) mass is 676 g/mol. The van der Waals surface area contributed by atoms with Crippen molar-refractivity contribution >= 4 is 63.7 Å². The van der Waals surface area contributed by atoms with Crippen LogP contribution in [-0.2, 0) is 5.41 Å². The third-order valence-electron chi connectivity index (χ3n) is 6.26. The van der Waals surface area contributed by atoms with Gasteiger partial charge < -0.3 is 0 Å². The van der Waals surface area contributed by atoms with Gasteiger partial charge in [-0.3, -0.25) is 0 Å². The van der Waals surface area contributed by atoms with Gasteiger partial charge in [0.05, 0.1) is 0 Å². The van der Waals surface area contributed by atoms with Crippen LogP contribution in [0.25, 0.3) is 11.1 Å². The highest BCUT2D eigenvalue weighted by Gasteiger charge is 2.42. The minimum atomic E-state index is 0.154. The second-order valence-corrected chi connectivity index (χ2v) is 11.6. The number of fused-ring (bicyclic) bond motifs is 3. The zero-order valence-corrected chi connectivity index (χ0v) is 25.3. The molecule has 0 bridgehead atoms. The lowest BCUT2D eigenvalue weighted by Crippen LogP contribution is -2.25. The van der Waals surface area contributed by atoms with Crippen LogP contribution in [0, 0.1) is 0 Å². The van der Waals surface area contributed by atoms with E-state index in [1.807, 2.05) is 13.8 Å². The van der Waals surface area contributed by atoms with E-state index in [0.717, 1.165) is 10.7 Å². The highest BCUT2D eigenvalue weighted by molar-refractivity contribution is 9.11. The third kappa shape index (κ3) is 7.17. The first-order chi connectivity index (χ1) is 15.1. The van der Waals surface area contributed by atoms with Crippen molar-refractivity contribution in [3.05, 3.63) is 56.5 Å². The highest BCUT2D eigenvalue weighted by Crippen LogP contribution is 2.55. The van der Waals surface area contributed by atoms with Crippen LogP contribution < -0.4 is 0 Å². The number of hydrogen-bond acceptors (Lipinski definition) is 0. The van der Waals surface area contributed by atoms with E-state index in [-0.39, 0.29) is 5.41 Å². The second-order valence-electron chi connectivity index (χ2n) is 8.17. The van der Waals surface area contributed by atoms with E-state index in [9.17, 15) is 0 Å². The summed E-state index contributed by atoms with van der Waals surface area (Å²) in [6.07, 6.45) is 13.0. The predicted octanol–water partition coefficient (Wildman–Crippen LogP) is 11.2. The lowest BCUT2D eigenvalue weighted by molar-refractivity contribution is 0.401. The summed E-state index contributed by atoms with van der Waals surface area (Å²) in [5.74, 6) is 0. The fourth-order valence-electron chi connectivity index (χ4n) is 4.85. The highest BCUT2D eigenvalue weighted by atomic mass is 79.9. The summed E-state index contributed by atoms with van der Waals surface area (Å²) in [6.45, 7) is 4.00. The first-order valence-electron chi connectivity index (χ1n) is 11.8. The molecular weight excluding hydrogens is 644 g/mol. The number of hydrogen-bond donors (Lipinski definition) is 0. The number of halogens is 4. The van der Waals surface area contributed by atoms with E-state index in [0.29, 0.717) is 0 Å². The van der Waals surface area contributed by atoms with Crippen LogP contribution in [0.3, 0.4) is 0 Å². The van der Waals surface area contributed by atoms with Crippen molar-refractivity contribution in [2.24, 2.45) is 0 Å². The summed E-state index contributed by atoms with van der Waals surface area (Å²) in [5, 5.41) is 2.24. The number of benzene rings is 2. The lowest BCUT2D eigenvalue weighted by Gasteiger charge is -2.33. The topological polar surface area (TPSA) is 0 Å². The van der Waals surface area contributed by atoms with E-state index < -0.39 is 0 Å². The van der Waals surface area contributed by atoms with E-state index in [1.54, 1.807) is 11.1 Å². The van der Waals surface area contributed by atoms with Crippen molar-refractivity contribution in [1.82, 2.24) is 0 Å². The molecule has 1 aliphatic rings. The van der Waals surface area contributed by atoms with Gasteiger partial charge in [-0.05, 0) is 72.2 Å². The molecule has 172 valence electrons. The molecule has 0 N–H and O–H groups in total. The summed E-state index contributed by atoms with van der Waals surface area (Å²) in [6, 6.07) is 13.9. The van der Waals surface area contributed by atoms with Gasteiger partial charge in [0, 0.05) is 25.0 Å². The predicted molar refractivity (Wildman–Crippen MR) is 153 cm³/mol. The smallest absolute Gasteiger partial charge is 0.0216 e. The third-order valence-corrected chi connectivity index (χ3v) is 8.37. The Morgan fingerprint density at radius 1 is 0.581 bits per heavy atom. The zero-order chi connectivity index (χ0) is 22.7. The summed E-state index contributed by atoms with van der Waals surface area (Å²) >= 11 is 14.7. The number of unbranched alkanes of at least 4 members (excludes halogenated alkanes) is 6. The molecule has 0 fully saturated rings. The summed E-state index contributed by atoms with van der Waals surface area (Å²) in [5.41, 5.74) is 6.12. The normalized spacial score (nSPS) is 13.4. The van der Waals surface area contributed by atoms with E-state index in [1.165, 1.54) is 84.3 Å². The van der Waals surface area contributed by atoms with Crippen LogP contribution in [0.5, 0.6) is 0 Å². The molecule has 0 saturated carbocycles. The minimum Gasteiger partial charge on any atom is -0.0928 e. The molecule has 0 nitrogen and oxygen atoms in total. The van der Waals surface area contributed by atoms with Gasteiger partial charge in [-0.1, -0.05) is 128 Å². The second kappa shape index (κ2) is 14.6. The SMILES string of the molecule is BrCCCCCCC1(CCCCCCBr)c2cc(Br)ccc2-c2ccc(Br)cc21.CC. The Kier molecular flexibility index (Phi) is 13.0. The van der Waals surface area contributed by atoms with E-state index >= 15 is 0 Å². The molecule has 2 aromatic carbocycles. The molecule has 0 amide bonds. The number of rotatable bonds is 12. The number of alkyl halides is 2. The molecule has 31 heavy (non-hydrogen) atoms. The first kappa shape index (κ1) is 27.6. The molecule has 1 aliphatic carbocycles. The van der Waals surface area contributed by atoms with Gasteiger partial charge in [-0.2, -0.15) is 0 Å². The fourth-order valence-corrected chi connectivity index (χ4v) is 6.37. The summed E-state index contributed by atoms with van der Waals surface area (Å²) < 4.78 is 2.40. The van der Waals surface area contributed by atoms with Gasteiger partial charge in [0.1, 0.15) is 0 Å². The van der Waals surface area contributed by atoms with Gasteiger partial charge in [0.15, 0.2) is 0 Å². The molecule has 2 aromatic rings. The molecule has 0 aliphatic heterocycles. The average molecular weight is 680 g/mol. The summed E-state index contributed by atoms with van der Waals surface area (Å²) in [7, 11) is 0. The largest absolute Gasteiger partial charge is 0.0928 e. The Hall–Kier alpha value is 0.360. The maximum atomic E-state index is 3.76. The van der Waals surface area contributed by atoms with Crippen molar-refractivity contribution in [3.63, 3.8) is 0 Å². The van der Waals surface area contributed by atoms with Crippen molar-refractivity contribution in [1.29, 1.82) is 0 Å². The van der Waals surface area contributed by atoms with Crippen LogP contribution in [0.1, 0.15) is 89.2 Å². The fraction of sp³-hybridized carbons (Fsp3) is 0.556. The van der Waals surface area contributed by atoms with Gasteiger partial charge in [0.2, 0.25) is 0 Å². The van der Waals surface area contributed by atoms with Crippen molar-refractivity contribution in [3.8, 4) is 11.1 Å². The Bertz CT molecular complexity index is 732. The molecule has 4 heteroatoms. The Labute approximate surface area is 223 Å². The van der Waals surface area contributed by atoms with Crippen LogP contribution in [0.15, 0.2) is 45.3 Å². The Morgan fingerprint density at radius 3 is 1.35 bits per heavy atom. The lowest BCUT2D eigenvalue weighted by atomic mass is 9.70. The average Bonchev–Trinajstić information content (AvgIpc) is 3.03. The Balaban J connectivity index is 0.00000166. The molecular formula is C27H36Br4. The zero-order valence-electron chi connectivity index (χ0n) is 19.0. The molecule has 0 radical (unpaired) electrons. The van der Waals surface area contributed by atoms with E-state index in [4.69, 9.17) is 0 Å². The van der Waals surface area contributed by atoms with Gasteiger partial charge in [-0.25, -0.2) is 0 Å². The van der Waals surface area contributed by atoms with E-state index in [2.05, 4.69) is 100 Å². The van der Waals surface area contributed by atoms with Crippen molar-refractivity contribution in [2.45, 2.75) is 83.5 Å². The van der Waals surface area contributed by atoms with Gasteiger partial charge in [0.25, 0.3) is 0 Å². The quantitative estimate of drug-likeness (QED) is 0.155. The maximum absolute atomic E-state index is 3.76. The molecule has 0 spiro atoms. The van der Waals surface area contributed by atoms with Crippen LogP contribution in [0.4, 0.5) is 0 Å².